The number of imidazole rings is 1. The molecule has 0 saturated carbocycles. The number of hydrogen-bond acceptors (Lipinski definition) is 1. The highest BCUT2D eigenvalue weighted by molar-refractivity contribution is 5.77. The zero-order valence-corrected chi connectivity index (χ0v) is 19.5. The molecule has 0 atom stereocenters. The fourth-order valence-electron chi connectivity index (χ4n) is 4.64. The zero-order valence-electron chi connectivity index (χ0n) is 19.5. The molecule has 0 radical (unpaired) electrons. The molecule has 0 fully saturated rings. The minimum atomic E-state index is 0.877. The van der Waals surface area contributed by atoms with Crippen LogP contribution in [0.3, 0.4) is 0 Å². The molecule has 0 aliphatic heterocycles. The lowest BCUT2D eigenvalue weighted by Gasteiger charge is -2.07. The molecule has 0 aliphatic rings. The number of hydrogen-bond donors (Lipinski definition) is 0. The van der Waals surface area contributed by atoms with Gasteiger partial charge in [0.15, 0.2) is 11.0 Å². The third-order valence-electron chi connectivity index (χ3n) is 6.34. The van der Waals surface area contributed by atoms with Gasteiger partial charge in [-0.1, -0.05) is 67.6 Å². The number of ether oxygens (including phenoxy) is 1. The highest BCUT2D eigenvalue weighted by atomic mass is 16.5. The van der Waals surface area contributed by atoms with Gasteiger partial charge < -0.3 is 4.74 Å². The molecule has 3 heteroatoms. The highest BCUT2D eigenvalue weighted by Crippen LogP contribution is 2.29. The Morgan fingerprint density at radius 1 is 0.667 bits per heavy atom. The number of benzene rings is 4. The molecule has 5 aromatic rings. The first-order valence-electron chi connectivity index (χ1n) is 11.5. The fraction of sp³-hybridized carbons (Fsp3) is 0.167. The van der Waals surface area contributed by atoms with Gasteiger partial charge >= 0.3 is 0 Å². The summed E-state index contributed by atoms with van der Waals surface area (Å²) in [6.45, 7) is 3.24. The minimum Gasteiger partial charge on any atom is -0.497 e. The van der Waals surface area contributed by atoms with Crippen molar-refractivity contribution in [1.29, 1.82) is 0 Å². The average molecular weight is 434 g/mol. The highest BCUT2D eigenvalue weighted by Gasteiger charge is 2.23. The van der Waals surface area contributed by atoms with E-state index in [1.54, 1.807) is 7.11 Å². The molecular formula is C30H29N2O+. The summed E-state index contributed by atoms with van der Waals surface area (Å²) >= 11 is 0. The van der Waals surface area contributed by atoms with Crippen molar-refractivity contribution in [1.82, 2.24) is 4.57 Å². The van der Waals surface area contributed by atoms with Gasteiger partial charge in [-0.2, -0.15) is 0 Å². The number of rotatable bonds is 6. The Labute approximate surface area is 195 Å². The Bertz CT molecular complexity index is 1380. The molecule has 5 rings (SSSR count). The maximum atomic E-state index is 5.27. The molecule has 1 aromatic heterocycles. The predicted molar refractivity (Wildman–Crippen MR) is 136 cm³/mol. The summed E-state index contributed by atoms with van der Waals surface area (Å²) in [6.07, 6.45) is 1.10. The summed E-state index contributed by atoms with van der Waals surface area (Å²) in [4.78, 5) is 0. The van der Waals surface area contributed by atoms with Crippen molar-refractivity contribution in [2.75, 3.05) is 7.11 Å². The van der Waals surface area contributed by atoms with Crippen LogP contribution in [0.1, 0.15) is 13.3 Å². The fourth-order valence-corrected chi connectivity index (χ4v) is 4.64. The van der Waals surface area contributed by atoms with Gasteiger partial charge in [0.25, 0.3) is 5.82 Å². The van der Waals surface area contributed by atoms with Crippen LogP contribution >= 0.6 is 0 Å². The third-order valence-corrected chi connectivity index (χ3v) is 6.34. The Morgan fingerprint density at radius 3 is 1.67 bits per heavy atom. The van der Waals surface area contributed by atoms with Crippen molar-refractivity contribution in [3.05, 3.63) is 97.1 Å². The SMILES string of the molecule is CCCn1c(-c2ccc(-c3ccc(-c4ccc(OC)cc4)cc3)cc2)[n+](C)c2ccccc21. The number of para-hydroxylation sites is 2. The Hall–Kier alpha value is -3.85. The molecule has 164 valence electrons. The van der Waals surface area contributed by atoms with E-state index in [-0.39, 0.29) is 0 Å². The van der Waals surface area contributed by atoms with Crippen LogP contribution in [-0.2, 0) is 13.6 Å². The van der Waals surface area contributed by atoms with Crippen LogP contribution in [-0.4, -0.2) is 11.7 Å². The molecule has 0 saturated heterocycles. The van der Waals surface area contributed by atoms with Gasteiger partial charge in [0.05, 0.1) is 26.3 Å². The van der Waals surface area contributed by atoms with Gasteiger partial charge in [-0.3, -0.25) is 0 Å². The number of nitrogens with zero attached hydrogens (tertiary/aromatic N) is 2. The van der Waals surface area contributed by atoms with Crippen LogP contribution in [0.2, 0.25) is 0 Å². The van der Waals surface area contributed by atoms with E-state index in [9.17, 15) is 0 Å². The van der Waals surface area contributed by atoms with Gasteiger partial charge in [0, 0.05) is 0 Å². The van der Waals surface area contributed by atoms with Gasteiger partial charge in [0.1, 0.15) is 5.75 Å². The quantitative estimate of drug-likeness (QED) is 0.267. The molecule has 0 amide bonds. The molecule has 1 heterocycles. The van der Waals surface area contributed by atoms with E-state index in [2.05, 4.69) is 108 Å². The summed E-state index contributed by atoms with van der Waals surface area (Å²) in [5, 5.41) is 0. The Balaban J connectivity index is 1.46. The standard InChI is InChI=1S/C30H29N2O/c1-4-21-32-29-8-6-5-7-28(29)31(2)30(32)26-15-13-24(14-16-26)22-9-11-23(12-10-22)25-17-19-27(33-3)20-18-25/h5-20H,4,21H2,1-3H3/q+1. The largest absolute Gasteiger partial charge is 0.497 e. The predicted octanol–water partition coefficient (Wildman–Crippen LogP) is 6.89. The lowest BCUT2D eigenvalue weighted by atomic mass is 9.99. The number of methoxy groups -OCH3 is 1. The lowest BCUT2D eigenvalue weighted by Crippen LogP contribution is -2.30. The smallest absolute Gasteiger partial charge is 0.289 e. The Kier molecular flexibility index (Phi) is 5.70. The van der Waals surface area contributed by atoms with Crippen molar-refractivity contribution in [3.63, 3.8) is 0 Å². The van der Waals surface area contributed by atoms with E-state index in [1.807, 2.05) is 12.1 Å². The maximum Gasteiger partial charge on any atom is 0.289 e. The molecule has 0 N–H and O–H groups in total. The van der Waals surface area contributed by atoms with Gasteiger partial charge in [-0.15, -0.1) is 0 Å². The first-order valence-corrected chi connectivity index (χ1v) is 11.5. The summed E-state index contributed by atoms with van der Waals surface area (Å²) in [5.74, 6) is 2.13. The summed E-state index contributed by atoms with van der Waals surface area (Å²) in [5.41, 5.74) is 8.62. The minimum absolute atomic E-state index is 0.877. The average Bonchev–Trinajstić information content (AvgIpc) is 3.16. The van der Waals surface area contributed by atoms with Crippen LogP contribution in [0.5, 0.6) is 5.75 Å². The van der Waals surface area contributed by atoms with E-state index in [0.29, 0.717) is 0 Å². The number of fused-ring (bicyclic) bond motifs is 1. The molecule has 0 bridgehead atoms. The number of aromatic nitrogens is 2. The van der Waals surface area contributed by atoms with Crippen molar-refractivity contribution in [2.45, 2.75) is 19.9 Å². The van der Waals surface area contributed by atoms with E-state index in [1.165, 1.54) is 44.7 Å². The van der Waals surface area contributed by atoms with E-state index >= 15 is 0 Å². The lowest BCUT2D eigenvalue weighted by molar-refractivity contribution is -0.634. The van der Waals surface area contributed by atoms with Crippen LogP contribution < -0.4 is 9.30 Å². The van der Waals surface area contributed by atoms with Crippen molar-refractivity contribution in [2.24, 2.45) is 7.05 Å². The summed E-state index contributed by atoms with van der Waals surface area (Å²) in [6, 6.07) is 34.5. The van der Waals surface area contributed by atoms with Crippen LogP contribution in [0.4, 0.5) is 0 Å². The van der Waals surface area contributed by atoms with Crippen molar-refractivity contribution < 1.29 is 9.30 Å². The first kappa shape index (κ1) is 21.0. The molecule has 0 unspecified atom stereocenters. The van der Waals surface area contributed by atoms with E-state index < -0.39 is 0 Å². The van der Waals surface area contributed by atoms with E-state index in [4.69, 9.17) is 4.74 Å². The maximum absolute atomic E-state index is 5.27. The molecule has 4 aromatic carbocycles. The topological polar surface area (TPSA) is 18.0 Å². The second kappa shape index (κ2) is 8.95. The van der Waals surface area contributed by atoms with Gasteiger partial charge in [-0.05, 0) is 65.1 Å². The van der Waals surface area contributed by atoms with Crippen LogP contribution in [0.15, 0.2) is 97.1 Å². The molecule has 0 aliphatic carbocycles. The van der Waals surface area contributed by atoms with Crippen molar-refractivity contribution >= 4 is 11.0 Å². The zero-order chi connectivity index (χ0) is 22.8. The van der Waals surface area contributed by atoms with Gasteiger partial charge in [0.2, 0.25) is 0 Å². The van der Waals surface area contributed by atoms with Crippen LogP contribution in [0.25, 0.3) is 44.7 Å². The first-order chi connectivity index (χ1) is 16.2. The van der Waals surface area contributed by atoms with Crippen LogP contribution in [0, 0.1) is 0 Å². The monoisotopic (exact) mass is 433 g/mol. The molecular weight excluding hydrogens is 404 g/mol. The molecule has 0 spiro atoms. The Morgan fingerprint density at radius 2 is 1.15 bits per heavy atom. The van der Waals surface area contributed by atoms with Crippen molar-refractivity contribution in [3.8, 4) is 39.4 Å². The summed E-state index contributed by atoms with van der Waals surface area (Å²) < 4.78 is 10.0. The number of aryl methyl sites for hydroxylation is 2. The normalized spacial score (nSPS) is 11.1. The van der Waals surface area contributed by atoms with E-state index in [0.717, 1.165) is 18.7 Å². The van der Waals surface area contributed by atoms with Gasteiger partial charge in [-0.25, -0.2) is 9.13 Å². The molecule has 33 heavy (non-hydrogen) atoms. The molecule has 3 nitrogen and oxygen atoms in total. The summed E-state index contributed by atoms with van der Waals surface area (Å²) in [7, 11) is 3.86. The second-order valence-electron chi connectivity index (χ2n) is 8.41. The third kappa shape index (κ3) is 3.91. The second-order valence-corrected chi connectivity index (χ2v) is 8.41.